The molecule has 1 aliphatic heterocycles. The average molecular weight is 717 g/mol. The Labute approximate surface area is 288 Å². The number of amides is 3. The fourth-order valence-electron chi connectivity index (χ4n) is 5.29. The molecule has 5 rings (SSSR count). The van der Waals surface area contributed by atoms with Gasteiger partial charge in [0.25, 0.3) is 11.8 Å². The van der Waals surface area contributed by atoms with Crippen molar-refractivity contribution >= 4 is 52.2 Å². The molecule has 2 aromatic heterocycles. The first-order chi connectivity index (χ1) is 24.0. The first-order valence-electron chi connectivity index (χ1n) is 15.2. The molecule has 0 aliphatic carbocycles. The molecule has 0 bridgehead atoms. The van der Waals surface area contributed by atoms with Crippen LogP contribution in [0.2, 0.25) is 0 Å². The number of ether oxygens (including phenoxy) is 1. The number of carboxylic acid groups (broad SMARTS) is 1. The van der Waals surface area contributed by atoms with Gasteiger partial charge < -0.3 is 25.0 Å². The SMILES string of the molecule is Cc1cc(C(=O)N(C=O)c2ccc(C)c3cccnc23)c(N(C)C)cn1.O=C(O)CNC(=O)c1c(F)cc(N2CCOCC2C(F)(F)F)cc1F. The van der Waals surface area contributed by atoms with E-state index in [4.69, 9.17) is 9.84 Å². The number of aliphatic carboxylic acids is 1. The normalized spacial score (nSPS) is 14.3. The van der Waals surface area contributed by atoms with Crippen LogP contribution in [0.1, 0.15) is 32.0 Å². The molecule has 12 nitrogen and oxygen atoms in total. The molecular weight excluding hydrogens is 683 g/mol. The maximum absolute atomic E-state index is 14.1. The van der Waals surface area contributed by atoms with Gasteiger partial charge in [0.2, 0.25) is 6.41 Å². The molecular formula is C34H33F5N6O6. The van der Waals surface area contributed by atoms with E-state index in [0.717, 1.165) is 20.7 Å². The van der Waals surface area contributed by atoms with Crippen molar-refractivity contribution in [3.63, 3.8) is 0 Å². The molecule has 3 heterocycles. The van der Waals surface area contributed by atoms with Crippen LogP contribution in [0.15, 0.2) is 54.9 Å². The quantitative estimate of drug-likeness (QED) is 0.195. The lowest BCUT2D eigenvalue weighted by Crippen LogP contribution is -2.53. The number of rotatable bonds is 8. The molecule has 0 radical (unpaired) electrons. The average Bonchev–Trinajstić information content (AvgIpc) is 3.08. The highest BCUT2D eigenvalue weighted by Gasteiger charge is 2.45. The molecule has 270 valence electrons. The standard InChI is InChI=1S/C20H20N4O2.C14H13F5N2O4/c1-13-7-8-17(19-15(13)6-5-9-21-19)24(12-25)20(26)16-10-14(2)22-11-18(16)23(3)4;15-8-3-7(21-1-2-25-6-10(21)14(17,18)19)4-9(16)12(8)13(24)20-5-11(22)23/h5-12H,1-4H3;3-4,10H,1-2,5-6H2,(H,20,24)(H,22,23). The van der Waals surface area contributed by atoms with Crippen molar-refractivity contribution in [2.24, 2.45) is 0 Å². The van der Waals surface area contributed by atoms with Gasteiger partial charge in [-0.25, -0.2) is 13.7 Å². The molecule has 3 amide bonds. The molecule has 1 unspecified atom stereocenters. The highest BCUT2D eigenvalue weighted by Crippen LogP contribution is 2.33. The van der Waals surface area contributed by atoms with Gasteiger partial charge in [-0.15, -0.1) is 0 Å². The van der Waals surface area contributed by atoms with Crippen molar-refractivity contribution in [3.8, 4) is 0 Å². The van der Waals surface area contributed by atoms with Crippen LogP contribution in [-0.2, 0) is 14.3 Å². The lowest BCUT2D eigenvalue weighted by atomic mass is 10.1. The van der Waals surface area contributed by atoms with Gasteiger partial charge in [-0.3, -0.25) is 29.1 Å². The molecule has 4 aromatic rings. The Bertz CT molecular complexity index is 1930. The number of carbonyl (C=O) groups is 4. The van der Waals surface area contributed by atoms with Crippen molar-refractivity contribution in [3.05, 3.63) is 88.9 Å². The molecule has 2 aromatic carbocycles. The first-order valence-corrected chi connectivity index (χ1v) is 15.2. The molecule has 2 N–H and O–H groups in total. The van der Waals surface area contributed by atoms with Gasteiger partial charge >= 0.3 is 12.1 Å². The van der Waals surface area contributed by atoms with Gasteiger partial charge in [0, 0.05) is 43.6 Å². The van der Waals surface area contributed by atoms with E-state index in [1.165, 1.54) is 0 Å². The highest BCUT2D eigenvalue weighted by molar-refractivity contribution is 6.20. The van der Waals surface area contributed by atoms with E-state index < -0.39 is 66.0 Å². The Morgan fingerprint density at radius 1 is 1.06 bits per heavy atom. The number of carbonyl (C=O) groups excluding carboxylic acids is 3. The van der Waals surface area contributed by atoms with Gasteiger partial charge in [-0.05, 0) is 49.7 Å². The Balaban J connectivity index is 0.000000229. The Morgan fingerprint density at radius 2 is 1.75 bits per heavy atom. The first kappa shape index (κ1) is 38.1. The number of fused-ring (bicyclic) bond motifs is 1. The summed E-state index contributed by atoms with van der Waals surface area (Å²) in [4.78, 5) is 59.3. The summed E-state index contributed by atoms with van der Waals surface area (Å²) in [5.41, 5.74) is 2.42. The number of pyridine rings is 2. The molecule has 0 spiro atoms. The third-order valence-electron chi connectivity index (χ3n) is 7.77. The number of anilines is 3. The number of nitrogens with zero attached hydrogens (tertiary/aromatic N) is 5. The molecule has 1 atom stereocenters. The van der Waals surface area contributed by atoms with Crippen LogP contribution in [0, 0.1) is 25.5 Å². The van der Waals surface area contributed by atoms with Gasteiger partial charge in [0.1, 0.15) is 29.8 Å². The Hall–Kier alpha value is -5.71. The van der Waals surface area contributed by atoms with E-state index in [2.05, 4.69) is 9.97 Å². The third kappa shape index (κ3) is 8.72. The van der Waals surface area contributed by atoms with Crippen LogP contribution < -0.4 is 20.0 Å². The second-order valence-corrected chi connectivity index (χ2v) is 11.5. The zero-order valence-electron chi connectivity index (χ0n) is 27.8. The number of hydrogen-bond donors (Lipinski definition) is 2. The maximum atomic E-state index is 14.1. The summed E-state index contributed by atoms with van der Waals surface area (Å²) in [6.45, 7) is 1.93. The van der Waals surface area contributed by atoms with Crippen molar-refractivity contribution in [1.29, 1.82) is 0 Å². The topological polar surface area (TPSA) is 145 Å². The van der Waals surface area contributed by atoms with Crippen LogP contribution in [0.4, 0.5) is 39.0 Å². The zero-order valence-corrected chi connectivity index (χ0v) is 27.8. The minimum atomic E-state index is -4.68. The van der Waals surface area contributed by atoms with Crippen LogP contribution in [0.5, 0.6) is 0 Å². The smallest absolute Gasteiger partial charge is 0.411 e. The predicted octanol–water partition coefficient (Wildman–Crippen LogP) is 4.66. The maximum Gasteiger partial charge on any atom is 0.411 e. The number of carboxylic acids is 1. The number of aryl methyl sites for hydroxylation is 2. The summed E-state index contributed by atoms with van der Waals surface area (Å²) >= 11 is 0. The summed E-state index contributed by atoms with van der Waals surface area (Å²) in [6, 6.07) is 8.21. The molecule has 1 saturated heterocycles. The summed E-state index contributed by atoms with van der Waals surface area (Å²) in [6.07, 6.45) is -0.848. The number of morpholine rings is 1. The zero-order chi connectivity index (χ0) is 37.6. The Morgan fingerprint density at radius 3 is 2.35 bits per heavy atom. The second kappa shape index (κ2) is 15.9. The minimum Gasteiger partial charge on any atom is -0.480 e. The van der Waals surface area contributed by atoms with Crippen LogP contribution in [0.25, 0.3) is 10.9 Å². The molecule has 0 saturated carbocycles. The fourth-order valence-corrected chi connectivity index (χ4v) is 5.29. The number of aromatic nitrogens is 2. The molecule has 17 heteroatoms. The highest BCUT2D eigenvalue weighted by atomic mass is 19.4. The molecule has 1 aliphatic rings. The van der Waals surface area contributed by atoms with Crippen molar-refractivity contribution in [2.75, 3.05) is 55.1 Å². The number of halogens is 5. The second-order valence-electron chi connectivity index (χ2n) is 11.5. The number of hydrogen-bond acceptors (Lipinski definition) is 9. The van der Waals surface area contributed by atoms with Crippen LogP contribution in [0.3, 0.4) is 0 Å². The van der Waals surface area contributed by atoms with E-state index in [1.807, 2.05) is 46.1 Å². The van der Waals surface area contributed by atoms with Gasteiger partial charge in [-0.1, -0.05) is 12.1 Å². The number of benzene rings is 2. The number of nitrogens with one attached hydrogen (secondary N) is 1. The van der Waals surface area contributed by atoms with Gasteiger partial charge in [0.15, 0.2) is 0 Å². The lowest BCUT2D eigenvalue weighted by molar-refractivity contribution is -0.167. The van der Waals surface area contributed by atoms with Crippen LogP contribution in [-0.4, -0.2) is 91.9 Å². The van der Waals surface area contributed by atoms with E-state index in [-0.39, 0.29) is 13.2 Å². The summed E-state index contributed by atoms with van der Waals surface area (Å²) in [5, 5.41) is 11.1. The number of imide groups is 1. The summed E-state index contributed by atoms with van der Waals surface area (Å²) < 4.78 is 72.0. The summed E-state index contributed by atoms with van der Waals surface area (Å²) in [5.74, 6) is -5.95. The van der Waals surface area contributed by atoms with E-state index >= 15 is 0 Å². The largest absolute Gasteiger partial charge is 0.480 e. The minimum absolute atomic E-state index is 0.0589. The van der Waals surface area contributed by atoms with Crippen LogP contribution >= 0.6 is 0 Å². The Kier molecular flexibility index (Phi) is 11.9. The van der Waals surface area contributed by atoms with Gasteiger partial charge in [0.05, 0.1) is 41.9 Å². The predicted molar refractivity (Wildman–Crippen MR) is 177 cm³/mol. The molecule has 51 heavy (non-hydrogen) atoms. The fraction of sp³-hybridized carbons (Fsp3) is 0.294. The summed E-state index contributed by atoms with van der Waals surface area (Å²) in [7, 11) is 3.66. The van der Waals surface area contributed by atoms with E-state index in [1.54, 1.807) is 34.7 Å². The van der Waals surface area contributed by atoms with Crippen molar-refractivity contribution in [2.45, 2.75) is 26.1 Å². The lowest BCUT2D eigenvalue weighted by Gasteiger charge is -2.38. The van der Waals surface area contributed by atoms with Crippen molar-refractivity contribution < 1.29 is 51.0 Å². The van der Waals surface area contributed by atoms with Crippen molar-refractivity contribution in [1.82, 2.24) is 15.3 Å². The monoisotopic (exact) mass is 716 g/mol. The third-order valence-corrected chi connectivity index (χ3v) is 7.77. The van der Waals surface area contributed by atoms with E-state index in [9.17, 15) is 41.1 Å². The number of alkyl halides is 3. The molecule has 1 fully saturated rings. The van der Waals surface area contributed by atoms with E-state index in [0.29, 0.717) is 46.7 Å². The van der Waals surface area contributed by atoms with Gasteiger partial charge in [-0.2, -0.15) is 13.2 Å².